The van der Waals surface area contributed by atoms with Crippen LogP contribution in [0.1, 0.15) is 21.6 Å². The minimum atomic E-state index is -0.941. The van der Waals surface area contributed by atoms with Crippen LogP contribution in [0.5, 0.6) is 5.75 Å². The topological polar surface area (TPSA) is 62.3 Å². The number of carbonyl (C=O) groups is 1. The lowest BCUT2D eigenvalue weighted by Gasteiger charge is -2.06. The van der Waals surface area contributed by atoms with Crippen molar-refractivity contribution in [2.24, 2.45) is 0 Å². The normalized spacial score (nSPS) is 10.4. The highest BCUT2D eigenvalue weighted by Crippen LogP contribution is 2.26. The number of methoxy groups -OCH3 is 1. The van der Waals surface area contributed by atoms with Gasteiger partial charge in [0.25, 0.3) is 0 Å². The Labute approximate surface area is 105 Å². The Morgan fingerprint density at radius 1 is 1.22 bits per heavy atom. The number of benzene rings is 1. The molecule has 0 saturated carbocycles. The van der Waals surface area contributed by atoms with Crippen molar-refractivity contribution in [1.82, 2.24) is 4.98 Å². The van der Waals surface area contributed by atoms with Gasteiger partial charge in [-0.05, 0) is 54.8 Å². The van der Waals surface area contributed by atoms with Crippen LogP contribution in [0.2, 0.25) is 0 Å². The Morgan fingerprint density at radius 3 is 2.44 bits per heavy atom. The lowest BCUT2D eigenvalue weighted by molar-refractivity contribution is 0.0690. The molecule has 1 aromatic heterocycles. The molecule has 0 radical (unpaired) electrons. The van der Waals surface area contributed by atoms with Crippen molar-refractivity contribution in [2.45, 2.75) is 13.8 Å². The van der Waals surface area contributed by atoms with Crippen molar-refractivity contribution in [3.05, 3.63) is 41.1 Å². The maximum Gasteiger partial charge on any atom is 0.352 e. The van der Waals surface area contributed by atoms with E-state index in [-0.39, 0.29) is 5.69 Å². The average molecular weight is 245 g/mol. The van der Waals surface area contributed by atoms with E-state index in [1.807, 2.05) is 31.2 Å². The molecule has 2 N–H and O–H groups in total. The monoisotopic (exact) mass is 245 g/mol. The van der Waals surface area contributed by atoms with E-state index >= 15 is 0 Å². The number of nitrogens with one attached hydrogen (secondary N) is 1. The number of ether oxygens (including phenoxy) is 1. The van der Waals surface area contributed by atoms with Gasteiger partial charge in [-0.25, -0.2) is 4.79 Å². The fraction of sp³-hybridized carbons (Fsp3) is 0.214. The molecule has 2 aromatic rings. The molecule has 2 rings (SSSR count). The van der Waals surface area contributed by atoms with E-state index in [2.05, 4.69) is 4.98 Å². The molecule has 0 unspecified atom stereocenters. The summed E-state index contributed by atoms with van der Waals surface area (Å²) in [5.74, 6) is -0.121. The third kappa shape index (κ3) is 2.09. The number of rotatable bonds is 3. The number of H-pyrrole nitrogens is 1. The largest absolute Gasteiger partial charge is 0.496 e. The molecule has 4 nitrogen and oxygen atoms in total. The van der Waals surface area contributed by atoms with Crippen molar-refractivity contribution < 1.29 is 14.6 Å². The van der Waals surface area contributed by atoms with Gasteiger partial charge in [0, 0.05) is 5.69 Å². The first-order valence-electron chi connectivity index (χ1n) is 5.61. The van der Waals surface area contributed by atoms with Gasteiger partial charge in [-0.3, -0.25) is 0 Å². The summed E-state index contributed by atoms with van der Waals surface area (Å²) < 4.78 is 5.20. The smallest absolute Gasteiger partial charge is 0.352 e. The molecule has 0 aliphatic carbocycles. The number of hydrogen-bond acceptors (Lipinski definition) is 2. The molecular weight excluding hydrogens is 230 g/mol. The molecule has 18 heavy (non-hydrogen) atoms. The number of hydrogen-bond donors (Lipinski definition) is 2. The van der Waals surface area contributed by atoms with Crippen molar-refractivity contribution in [3.63, 3.8) is 0 Å². The van der Waals surface area contributed by atoms with Gasteiger partial charge in [-0.1, -0.05) is 0 Å². The van der Waals surface area contributed by atoms with Crippen LogP contribution in [-0.2, 0) is 0 Å². The first kappa shape index (κ1) is 12.2. The van der Waals surface area contributed by atoms with Crippen molar-refractivity contribution in [1.29, 1.82) is 0 Å². The first-order valence-corrected chi connectivity index (χ1v) is 5.61. The second-order valence-corrected chi connectivity index (χ2v) is 4.23. The van der Waals surface area contributed by atoms with Gasteiger partial charge >= 0.3 is 5.97 Å². The summed E-state index contributed by atoms with van der Waals surface area (Å²) in [7, 11) is 1.63. The first-order chi connectivity index (χ1) is 8.52. The summed E-state index contributed by atoms with van der Waals surface area (Å²) in [5.41, 5.74) is 3.73. The minimum Gasteiger partial charge on any atom is -0.496 e. The zero-order valence-electron chi connectivity index (χ0n) is 10.6. The highest BCUT2D eigenvalue weighted by atomic mass is 16.5. The minimum absolute atomic E-state index is 0.235. The molecular formula is C14H15NO3. The maximum absolute atomic E-state index is 11.0. The van der Waals surface area contributed by atoms with Crippen LogP contribution < -0.4 is 4.74 Å². The SMILES string of the molecule is COc1ccc(-c2cc(C)c(C(=O)O)[nH]2)cc1C. The Balaban J connectivity index is 2.46. The van der Waals surface area contributed by atoms with Crippen LogP contribution in [0.15, 0.2) is 24.3 Å². The molecule has 0 atom stereocenters. The summed E-state index contributed by atoms with van der Waals surface area (Å²) in [5, 5.41) is 9.01. The van der Waals surface area contributed by atoms with Crippen LogP contribution in [0, 0.1) is 13.8 Å². The van der Waals surface area contributed by atoms with Gasteiger partial charge in [-0.2, -0.15) is 0 Å². The molecule has 4 heteroatoms. The number of aryl methyl sites for hydroxylation is 2. The Kier molecular flexibility index (Phi) is 3.10. The molecule has 0 bridgehead atoms. The van der Waals surface area contributed by atoms with Gasteiger partial charge in [-0.15, -0.1) is 0 Å². The molecule has 1 aromatic carbocycles. The second kappa shape index (κ2) is 4.56. The molecule has 1 heterocycles. The quantitative estimate of drug-likeness (QED) is 0.873. The summed E-state index contributed by atoms with van der Waals surface area (Å²) in [6, 6.07) is 7.59. The van der Waals surface area contributed by atoms with Gasteiger partial charge in [0.15, 0.2) is 0 Å². The predicted molar refractivity (Wildman–Crippen MR) is 69.2 cm³/mol. The predicted octanol–water partition coefficient (Wildman–Crippen LogP) is 3.01. The Bertz CT molecular complexity index is 599. The molecule has 0 amide bonds. The molecule has 0 saturated heterocycles. The van der Waals surface area contributed by atoms with Crippen molar-refractivity contribution in [2.75, 3.05) is 7.11 Å². The van der Waals surface area contributed by atoms with E-state index < -0.39 is 5.97 Å². The van der Waals surface area contributed by atoms with Crippen molar-refractivity contribution in [3.8, 4) is 17.0 Å². The zero-order valence-corrected chi connectivity index (χ0v) is 10.6. The fourth-order valence-electron chi connectivity index (χ4n) is 1.98. The third-order valence-corrected chi connectivity index (χ3v) is 2.93. The fourth-order valence-corrected chi connectivity index (χ4v) is 1.98. The lowest BCUT2D eigenvalue weighted by Crippen LogP contribution is -1.98. The molecule has 0 fully saturated rings. The summed E-state index contributed by atoms with van der Waals surface area (Å²) in [6.45, 7) is 3.73. The van der Waals surface area contributed by atoms with Crippen LogP contribution in [0.25, 0.3) is 11.3 Å². The van der Waals surface area contributed by atoms with Gasteiger partial charge in [0.2, 0.25) is 0 Å². The summed E-state index contributed by atoms with van der Waals surface area (Å²) >= 11 is 0. The highest BCUT2D eigenvalue weighted by Gasteiger charge is 2.12. The maximum atomic E-state index is 11.0. The van der Waals surface area contributed by atoms with Crippen LogP contribution in [-0.4, -0.2) is 23.2 Å². The lowest BCUT2D eigenvalue weighted by atomic mass is 10.1. The van der Waals surface area contributed by atoms with Crippen LogP contribution >= 0.6 is 0 Å². The third-order valence-electron chi connectivity index (χ3n) is 2.93. The second-order valence-electron chi connectivity index (χ2n) is 4.23. The van der Waals surface area contributed by atoms with Crippen molar-refractivity contribution >= 4 is 5.97 Å². The van der Waals surface area contributed by atoms with E-state index in [4.69, 9.17) is 9.84 Å². The zero-order chi connectivity index (χ0) is 13.3. The summed E-state index contributed by atoms with van der Waals surface area (Å²) in [4.78, 5) is 13.9. The van der Waals surface area contributed by atoms with E-state index in [0.29, 0.717) is 0 Å². The summed E-state index contributed by atoms with van der Waals surface area (Å²) in [6.07, 6.45) is 0. The molecule has 94 valence electrons. The van der Waals surface area contributed by atoms with E-state index in [1.165, 1.54) is 0 Å². The number of carboxylic acid groups (broad SMARTS) is 1. The van der Waals surface area contributed by atoms with Crippen LogP contribution in [0.3, 0.4) is 0 Å². The van der Waals surface area contributed by atoms with E-state index in [9.17, 15) is 4.79 Å². The molecule has 0 aliphatic heterocycles. The number of aromatic amines is 1. The average Bonchev–Trinajstić information content (AvgIpc) is 2.71. The Hall–Kier alpha value is -2.23. The molecule has 0 spiro atoms. The van der Waals surface area contributed by atoms with E-state index in [1.54, 1.807) is 14.0 Å². The standard InChI is InChI=1S/C14H15NO3/c1-8-6-10(4-5-12(8)18-3)11-7-9(2)13(15-11)14(16)17/h4-7,15H,1-3H3,(H,16,17). The number of aromatic nitrogens is 1. The Morgan fingerprint density at radius 2 is 1.94 bits per heavy atom. The van der Waals surface area contributed by atoms with Gasteiger partial charge in [0.1, 0.15) is 11.4 Å². The molecule has 0 aliphatic rings. The van der Waals surface area contributed by atoms with Gasteiger partial charge in [0.05, 0.1) is 7.11 Å². The van der Waals surface area contributed by atoms with Gasteiger partial charge < -0.3 is 14.8 Å². The number of aromatic carboxylic acids is 1. The van der Waals surface area contributed by atoms with Crippen LogP contribution in [0.4, 0.5) is 0 Å². The van der Waals surface area contributed by atoms with E-state index in [0.717, 1.165) is 28.1 Å². The number of carboxylic acids is 1. The highest BCUT2D eigenvalue weighted by molar-refractivity contribution is 5.88.